The van der Waals surface area contributed by atoms with Gasteiger partial charge < -0.3 is 29.4 Å². The van der Waals surface area contributed by atoms with E-state index in [1.165, 1.54) is 289 Å². The van der Waals surface area contributed by atoms with Gasteiger partial charge in [-0.15, -0.1) is 0 Å². The van der Waals surface area contributed by atoms with E-state index in [4.69, 9.17) is 16.3 Å². The minimum Gasteiger partial charge on any atom is -0.460 e. The van der Waals surface area contributed by atoms with E-state index < -0.39 is 31.9 Å². The molecule has 10 nitrogen and oxygen atoms in total. The predicted molar refractivity (Wildman–Crippen MR) is 409 cm³/mol. The third kappa shape index (κ3) is 71.7. The number of hydrogen-bond donors (Lipinski definition) is 3. The Hall–Kier alpha value is -1.36. The Morgan fingerprint density at radius 3 is 0.849 bits per heavy atom. The number of carbonyl (C=O) groups is 4. The SMILES string of the molecule is CCCCCCCCCCCCCC(=O)N[C@@H](CO)[C@H](CCCCCCCCCCC)OC(=O)CCCCCCCCCCC.[2H]P([B][3H])SOC[C@H](NC(=O)CCCCCCCCCCCCC)[C@H](CCCCCCCCCCC)OC(=O)CCCCCCCCCCC. The van der Waals surface area contributed by atoms with Gasteiger partial charge in [-0.3, -0.25) is 19.2 Å². The zero-order chi connectivity index (χ0) is 69.8. The Bertz CT molecular complexity index is 1600. The normalized spacial score (nSPS) is 13.3. The monoisotopic (exact) mass is 1350 g/mol. The summed E-state index contributed by atoms with van der Waals surface area (Å²) >= 11 is 0.971. The van der Waals surface area contributed by atoms with Crippen molar-refractivity contribution >= 4 is 50.6 Å². The summed E-state index contributed by atoms with van der Waals surface area (Å²) in [4.78, 5) is 51.8. The number of amides is 2. The van der Waals surface area contributed by atoms with Crippen molar-refractivity contribution in [3.63, 3.8) is 0 Å². The fourth-order valence-corrected chi connectivity index (χ4v) is 13.3. The van der Waals surface area contributed by atoms with Gasteiger partial charge in [0.15, 0.2) is 0 Å². The molecule has 0 aliphatic rings. The number of ether oxygens (including phenoxy) is 2. The molecule has 0 heterocycles. The van der Waals surface area contributed by atoms with Gasteiger partial charge >= 0.3 is 11.9 Å². The molecule has 0 aromatic carbocycles. The predicted octanol–water partition coefficient (Wildman–Crippen LogP) is 24.9. The van der Waals surface area contributed by atoms with Gasteiger partial charge in [0.05, 0.1) is 26.6 Å². The molecule has 5 atom stereocenters. The van der Waals surface area contributed by atoms with E-state index >= 15 is 0 Å². The summed E-state index contributed by atoms with van der Waals surface area (Å²) in [6, 6.07) is -0.982. The maximum absolute atomic E-state index is 13.2. The second kappa shape index (κ2) is 79.6. The molecule has 1 unspecified atom stereocenters. The fraction of sp³-hybridized carbons (Fsp3) is 0.950. The maximum atomic E-state index is 13.2. The molecule has 0 bridgehead atoms. The molecule has 1 radical (unpaired) electrons. The molecule has 0 spiro atoms. The smallest absolute Gasteiger partial charge is 0.306 e. The largest absolute Gasteiger partial charge is 0.460 e. The van der Waals surface area contributed by atoms with Crippen LogP contribution in [0.1, 0.15) is 452 Å². The van der Waals surface area contributed by atoms with Crippen LogP contribution in [0, 0.1) is 0 Å². The summed E-state index contributed by atoms with van der Waals surface area (Å²) in [5, 5.41) is 16.4. The molecule has 0 rings (SSSR count). The van der Waals surface area contributed by atoms with Gasteiger partial charge in [0, 0.05) is 37.3 Å². The Morgan fingerprint density at radius 2 is 0.591 bits per heavy atom. The van der Waals surface area contributed by atoms with Crippen LogP contribution in [-0.2, 0) is 32.8 Å². The van der Waals surface area contributed by atoms with Crippen LogP contribution in [0.5, 0.6) is 0 Å². The van der Waals surface area contributed by atoms with Crippen LogP contribution in [0.3, 0.4) is 0 Å². The van der Waals surface area contributed by atoms with E-state index in [9.17, 15) is 24.3 Å². The number of esters is 2. The summed E-state index contributed by atoms with van der Waals surface area (Å²) in [6.45, 7) is 13.5. The van der Waals surface area contributed by atoms with E-state index in [-0.39, 0.29) is 37.0 Å². The summed E-state index contributed by atoms with van der Waals surface area (Å²) < 4.78 is 33.1. The third-order valence-electron chi connectivity index (χ3n) is 18.9. The second-order valence-corrected chi connectivity index (χ2v) is 29.7. The van der Waals surface area contributed by atoms with Crippen molar-refractivity contribution in [1.29, 1.82) is 2.61 Å². The molecular formula is C80H159BN2O8PS. The Kier molecular flexibility index (Phi) is 76.8. The fourth-order valence-electron chi connectivity index (χ4n) is 12.7. The number of carbonyl (C=O) groups excluding carboxylic acids is 4. The van der Waals surface area contributed by atoms with Crippen molar-refractivity contribution in [2.24, 2.45) is 0 Å². The molecule has 0 aliphatic carbocycles. The topological polar surface area (TPSA) is 140 Å². The summed E-state index contributed by atoms with van der Waals surface area (Å²) in [5.74, 6) is -0.422. The lowest BCUT2D eigenvalue weighted by atomic mass is 10.0. The van der Waals surface area contributed by atoms with Gasteiger partial charge in [-0.05, 0) is 52.7 Å². The highest BCUT2D eigenvalue weighted by Crippen LogP contribution is 2.26. The van der Waals surface area contributed by atoms with Crippen LogP contribution in [0.25, 0.3) is 0 Å². The van der Waals surface area contributed by atoms with Crippen molar-refractivity contribution in [1.82, 2.24) is 10.6 Å². The number of aliphatic hydroxyl groups excluding tert-OH is 1. The van der Waals surface area contributed by atoms with E-state index in [0.717, 1.165) is 103 Å². The van der Waals surface area contributed by atoms with Crippen LogP contribution in [0.15, 0.2) is 0 Å². The van der Waals surface area contributed by atoms with Crippen molar-refractivity contribution in [3.8, 4) is 0 Å². The highest BCUT2D eigenvalue weighted by atomic mass is 32.7. The number of aliphatic hydroxyl groups is 1. The summed E-state index contributed by atoms with van der Waals surface area (Å²) in [5.41, 5.74) is 0. The standard InChI is InChI=1S/C40H80BNO4PS.C40H79NO4/c1-4-7-10-13-16-19-20-23-25-28-31-34-39(43)42-37(36-45-48-47-41)38(33-30-27-24-21-17-14-11-8-5-2)46-40(44)35-32-29-26-22-18-15-12-9-6-3;1-4-7-10-13-16-19-20-23-25-28-31-34-39(43)41-37(36-42)38(33-30-27-24-21-17-14-11-8-5-2)45-40(44)35-32-29-26-22-18-15-12-9-6-3/h37-38,41,47H,4-36H2,1-3H3,(H,42,43);37-38,42H,4-36H2,1-3H3,(H,41,43)/t37-,38-,47?;37-,38-/m00/s1/i41T,47D;. The average molecular weight is 1350 g/mol. The molecule has 93 heavy (non-hydrogen) atoms. The van der Waals surface area contributed by atoms with Gasteiger partial charge in [-0.25, -0.2) is 0 Å². The Morgan fingerprint density at radius 1 is 0.366 bits per heavy atom. The van der Waals surface area contributed by atoms with E-state index in [0.29, 0.717) is 38.5 Å². The van der Waals surface area contributed by atoms with Crippen LogP contribution >= 0.6 is 19.3 Å². The highest BCUT2D eigenvalue weighted by molar-refractivity contribution is 8.53. The first-order valence-corrected chi connectivity index (χ1v) is 43.3. The molecule has 2 amide bonds. The number of unbranched alkanes of at least 4 members (excludes halogenated alkanes) is 52. The van der Waals surface area contributed by atoms with Crippen LogP contribution in [0.2, 0.25) is 0 Å². The second-order valence-electron chi connectivity index (χ2n) is 28.0. The van der Waals surface area contributed by atoms with Crippen LogP contribution in [-0.4, -0.2) is 76.5 Å². The van der Waals surface area contributed by atoms with Crippen molar-refractivity contribution in [3.05, 3.63) is 0 Å². The lowest BCUT2D eigenvalue weighted by Gasteiger charge is -2.28. The van der Waals surface area contributed by atoms with Gasteiger partial charge in [-0.2, -0.15) is 0 Å². The Labute approximate surface area is 588 Å². The molecule has 551 valence electrons. The lowest BCUT2D eigenvalue weighted by molar-refractivity contribution is -0.153. The number of hydrogen-bond acceptors (Lipinski definition) is 9. The van der Waals surface area contributed by atoms with Crippen molar-refractivity contribution in [2.75, 3.05) is 13.2 Å². The first-order chi connectivity index (χ1) is 46.6. The van der Waals surface area contributed by atoms with Gasteiger partial charge in [-0.1, -0.05) is 383 Å². The van der Waals surface area contributed by atoms with E-state index in [1.807, 2.05) is 0 Å². The summed E-state index contributed by atoms with van der Waals surface area (Å²) in [7, 11) is -0.376. The number of nitrogens with one attached hydrogen (secondary N) is 2. The quantitative estimate of drug-likeness (QED) is 0.0178. The molecule has 0 aromatic rings. The van der Waals surface area contributed by atoms with Crippen LogP contribution in [0.4, 0.5) is 0 Å². The molecular weight excluding hydrogens is 1190 g/mol. The zero-order valence-corrected chi connectivity index (χ0v) is 64.4. The van der Waals surface area contributed by atoms with Gasteiger partial charge in [0.1, 0.15) is 19.7 Å². The summed E-state index contributed by atoms with van der Waals surface area (Å²) in [6.07, 6.45) is 73.4. The van der Waals surface area contributed by atoms with E-state index in [2.05, 4.69) is 52.2 Å². The molecule has 3 N–H and O–H groups in total. The van der Waals surface area contributed by atoms with Gasteiger partial charge in [0.2, 0.25) is 11.8 Å². The minimum atomic E-state index is -1.46. The molecule has 13 heteroatoms. The van der Waals surface area contributed by atoms with Gasteiger partial charge in [0.25, 0.3) is 0 Å². The van der Waals surface area contributed by atoms with Crippen molar-refractivity contribution < 1.29 is 37.9 Å². The molecule has 0 fully saturated rings. The number of rotatable bonds is 76. The first kappa shape index (κ1) is 89.7. The highest BCUT2D eigenvalue weighted by Gasteiger charge is 2.28. The first-order valence-electron chi connectivity index (χ1n) is 42.0. The third-order valence-corrected chi connectivity index (χ3v) is 19.8. The molecule has 0 aliphatic heterocycles. The zero-order valence-electron chi connectivity index (χ0n) is 64.7. The van der Waals surface area contributed by atoms with Crippen molar-refractivity contribution in [2.45, 2.75) is 477 Å². The molecule has 0 aromatic heterocycles. The van der Waals surface area contributed by atoms with E-state index in [1.54, 1.807) is 0 Å². The lowest BCUT2D eigenvalue weighted by Crippen LogP contribution is -2.48. The Balaban J connectivity index is 0. The maximum Gasteiger partial charge on any atom is 0.306 e. The van der Waals surface area contributed by atoms with Crippen LogP contribution < -0.4 is 10.6 Å². The average Bonchev–Trinajstić information content (AvgIpc) is 1.38. The minimum absolute atomic E-state index is 0.0215. The molecule has 0 saturated carbocycles. The molecule has 0 saturated heterocycles.